The van der Waals surface area contributed by atoms with Gasteiger partial charge in [0.15, 0.2) is 0 Å². The molecule has 0 saturated heterocycles. The van der Waals surface area contributed by atoms with Crippen molar-refractivity contribution in [3.63, 3.8) is 0 Å². The number of para-hydroxylation sites is 1. The zero-order valence-electron chi connectivity index (χ0n) is 18.9. The average molecular weight is 461 g/mol. The Kier molecular flexibility index (Phi) is 9.96. The first-order valence-electron chi connectivity index (χ1n) is 11.2. The van der Waals surface area contributed by atoms with Gasteiger partial charge in [-0.05, 0) is 25.5 Å². The Morgan fingerprint density at radius 3 is 2.73 bits per heavy atom. The van der Waals surface area contributed by atoms with Crippen molar-refractivity contribution in [2.75, 3.05) is 46.2 Å². The summed E-state index contributed by atoms with van der Waals surface area (Å²) < 4.78 is 33.8. The SMILES string of the molecule is C=CCOC(=O)C1=C[C@@H](c2coc3ccccc23)[C@@H](CCOCCOCCO)[C@@H](OCC)O1. The van der Waals surface area contributed by atoms with Crippen molar-refractivity contribution in [3.05, 3.63) is 60.6 Å². The number of carbonyl (C=O) groups excluding carboxylic acids is 1. The van der Waals surface area contributed by atoms with Crippen LogP contribution in [0.1, 0.15) is 24.8 Å². The quantitative estimate of drug-likeness (QED) is 0.260. The van der Waals surface area contributed by atoms with E-state index in [9.17, 15) is 4.79 Å². The van der Waals surface area contributed by atoms with Gasteiger partial charge in [-0.3, -0.25) is 0 Å². The molecule has 0 spiro atoms. The predicted molar refractivity (Wildman–Crippen MR) is 122 cm³/mol. The number of furan rings is 1. The van der Waals surface area contributed by atoms with Crippen LogP contribution in [0.3, 0.4) is 0 Å². The second-order valence-electron chi connectivity index (χ2n) is 7.47. The zero-order chi connectivity index (χ0) is 23.5. The van der Waals surface area contributed by atoms with E-state index in [0.29, 0.717) is 32.8 Å². The van der Waals surface area contributed by atoms with E-state index in [1.165, 1.54) is 6.08 Å². The highest BCUT2D eigenvalue weighted by Gasteiger charge is 2.39. The summed E-state index contributed by atoms with van der Waals surface area (Å²) in [6, 6.07) is 7.77. The highest BCUT2D eigenvalue weighted by atomic mass is 16.7. The number of carbonyl (C=O) groups is 1. The number of hydrogen-bond acceptors (Lipinski definition) is 8. The molecule has 0 bridgehead atoms. The van der Waals surface area contributed by atoms with Gasteiger partial charge in [0.05, 0.1) is 32.7 Å². The van der Waals surface area contributed by atoms with E-state index < -0.39 is 12.3 Å². The number of benzene rings is 1. The van der Waals surface area contributed by atoms with E-state index in [-0.39, 0.29) is 37.4 Å². The molecule has 8 nitrogen and oxygen atoms in total. The van der Waals surface area contributed by atoms with Crippen LogP contribution in [0.15, 0.2) is 59.4 Å². The molecule has 1 aliphatic heterocycles. The third-order valence-corrected chi connectivity index (χ3v) is 5.32. The number of hydrogen-bond donors (Lipinski definition) is 1. The minimum atomic E-state index is -0.654. The van der Waals surface area contributed by atoms with Crippen LogP contribution in [-0.4, -0.2) is 63.6 Å². The third-order valence-electron chi connectivity index (χ3n) is 5.32. The molecular formula is C25H32O8. The van der Waals surface area contributed by atoms with Crippen LogP contribution in [0.5, 0.6) is 0 Å². The van der Waals surface area contributed by atoms with E-state index in [1.807, 2.05) is 31.2 Å². The summed E-state index contributed by atoms with van der Waals surface area (Å²) in [6.07, 6.45) is 4.99. The first kappa shape index (κ1) is 25.0. The zero-order valence-corrected chi connectivity index (χ0v) is 18.9. The summed E-state index contributed by atoms with van der Waals surface area (Å²) in [5, 5.41) is 9.75. The molecule has 0 fully saturated rings. The molecule has 1 aromatic heterocycles. The van der Waals surface area contributed by atoms with E-state index in [2.05, 4.69) is 6.58 Å². The van der Waals surface area contributed by atoms with Gasteiger partial charge >= 0.3 is 5.97 Å². The van der Waals surface area contributed by atoms with Gasteiger partial charge < -0.3 is 33.2 Å². The Hall–Kier alpha value is -2.65. The highest BCUT2D eigenvalue weighted by Crippen LogP contribution is 2.42. The largest absolute Gasteiger partial charge is 0.464 e. The molecule has 1 N–H and O–H groups in total. The summed E-state index contributed by atoms with van der Waals surface area (Å²) >= 11 is 0. The van der Waals surface area contributed by atoms with Gasteiger partial charge in [0.1, 0.15) is 12.2 Å². The fraction of sp³-hybridized carbons (Fsp3) is 0.480. The van der Waals surface area contributed by atoms with E-state index in [1.54, 1.807) is 12.3 Å². The summed E-state index contributed by atoms with van der Waals surface area (Å²) in [4.78, 5) is 12.6. The maximum Gasteiger partial charge on any atom is 0.373 e. The Bertz CT molecular complexity index is 918. The molecular weight excluding hydrogens is 428 g/mol. The monoisotopic (exact) mass is 460 g/mol. The predicted octanol–water partition coefficient (Wildman–Crippen LogP) is 3.55. The first-order valence-corrected chi connectivity index (χ1v) is 11.2. The molecule has 0 aliphatic carbocycles. The van der Waals surface area contributed by atoms with Crippen LogP contribution in [0.2, 0.25) is 0 Å². The molecule has 1 aliphatic rings. The summed E-state index contributed by atoms with van der Waals surface area (Å²) in [6.45, 7) is 7.53. The smallest absolute Gasteiger partial charge is 0.373 e. The van der Waals surface area contributed by atoms with E-state index >= 15 is 0 Å². The van der Waals surface area contributed by atoms with Crippen LogP contribution < -0.4 is 0 Å². The van der Waals surface area contributed by atoms with E-state index in [0.717, 1.165) is 16.5 Å². The molecule has 3 rings (SSSR count). The maximum absolute atomic E-state index is 12.6. The minimum Gasteiger partial charge on any atom is -0.464 e. The highest BCUT2D eigenvalue weighted by molar-refractivity contribution is 5.87. The van der Waals surface area contributed by atoms with Crippen molar-refractivity contribution in [2.24, 2.45) is 5.92 Å². The van der Waals surface area contributed by atoms with Gasteiger partial charge in [0, 0.05) is 36.0 Å². The van der Waals surface area contributed by atoms with Gasteiger partial charge in [-0.25, -0.2) is 4.79 Å². The van der Waals surface area contributed by atoms with Gasteiger partial charge in [0.2, 0.25) is 12.0 Å². The van der Waals surface area contributed by atoms with Crippen LogP contribution in [0.25, 0.3) is 11.0 Å². The van der Waals surface area contributed by atoms with Crippen LogP contribution >= 0.6 is 0 Å². The second kappa shape index (κ2) is 13.2. The molecule has 8 heteroatoms. The molecule has 180 valence electrons. The lowest BCUT2D eigenvalue weighted by atomic mass is 9.81. The summed E-state index contributed by atoms with van der Waals surface area (Å²) in [5.41, 5.74) is 1.72. The van der Waals surface area contributed by atoms with Gasteiger partial charge in [0.25, 0.3) is 0 Å². The number of allylic oxidation sites excluding steroid dienone is 1. The van der Waals surface area contributed by atoms with Crippen LogP contribution in [0.4, 0.5) is 0 Å². The number of aliphatic hydroxyl groups excluding tert-OH is 1. The van der Waals surface area contributed by atoms with Gasteiger partial charge in [-0.2, -0.15) is 0 Å². The molecule has 1 aromatic carbocycles. The van der Waals surface area contributed by atoms with Crippen LogP contribution in [0, 0.1) is 5.92 Å². The summed E-state index contributed by atoms with van der Waals surface area (Å²) in [5.74, 6) is -0.784. The Labute approximate surface area is 193 Å². The van der Waals surface area contributed by atoms with Crippen molar-refractivity contribution < 1.29 is 38.0 Å². The molecule has 0 saturated carbocycles. The number of esters is 1. The standard InChI is InChI=1S/C25H32O8/c1-3-11-31-24(27)23-16-20(21-17-32-22-8-6-5-7-18(21)22)19(25(33-23)30-4-2)9-12-28-14-15-29-13-10-26/h3,5-8,16-17,19-20,25-26H,1,4,9-15H2,2H3/t19-,20-,25+/m1/s1. The van der Waals surface area contributed by atoms with Gasteiger partial charge in [-0.1, -0.05) is 30.9 Å². The van der Waals surface area contributed by atoms with Crippen molar-refractivity contribution in [1.82, 2.24) is 0 Å². The lowest BCUT2D eigenvalue weighted by Crippen LogP contribution is -2.37. The maximum atomic E-state index is 12.6. The minimum absolute atomic E-state index is 0.0142. The topological polar surface area (TPSA) is 96.6 Å². The van der Waals surface area contributed by atoms with Crippen molar-refractivity contribution >= 4 is 16.9 Å². The van der Waals surface area contributed by atoms with Crippen LogP contribution in [-0.2, 0) is 28.5 Å². The van der Waals surface area contributed by atoms with E-state index in [4.69, 9.17) is 33.2 Å². The average Bonchev–Trinajstić information content (AvgIpc) is 3.26. The molecule has 3 atom stereocenters. The summed E-state index contributed by atoms with van der Waals surface area (Å²) in [7, 11) is 0. The third kappa shape index (κ3) is 6.68. The van der Waals surface area contributed by atoms with Gasteiger partial charge in [-0.15, -0.1) is 0 Å². The number of aliphatic hydroxyl groups is 1. The normalized spacial score (nSPS) is 20.3. The number of rotatable bonds is 14. The molecule has 2 heterocycles. The lowest BCUT2D eigenvalue weighted by Gasteiger charge is -2.36. The number of ether oxygens (including phenoxy) is 5. The fourth-order valence-corrected chi connectivity index (χ4v) is 3.85. The molecule has 33 heavy (non-hydrogen) atoms. The Balaban J connectivity index is 1.83. The number of fused-ring (bicyclic) bond motifs is 1. The lowest BCUT2D eigenvalue weighted by molar-refractivity contribution is -0.176. The second-order valence-corrected chi connectivity index (χ2v) is 7.47. The fourth-order valence-electron chi connectivity index (χ4n) is 3.85. The van der Waals surface area contributed by atoms with Crippen molar-refractivity contribution in [3.8, 4) is 0 Å². The molecule has 2 aromatic rings. The Morgan fingerprint density at radius 1 is 1.18 bits per heavy atom. The van der Waals surface area contributed by atoms with Crippen molar-refractivity contribution in [2.45, 2.75) is 25.6 Å². The van der Waals surface area contributed by atoms with Crippen molar-refractivity contribution in [1.29, 1.82) is 0 Å². The Morgan fingerprint density at radius 2 is 1.97 bits per heavy atom. The molecule has 0 unspecified atom stereocenters. The molecule has 0 radical (unpaired) electrons. The first-order chi connectivity index (χ1) is 16.2. The molecule has 0 amide bonds.